The lowest BCUT2D eigenvalue weighted by Crippen LogP contribution is -2.41. The third-order valence-electron chi connectivity index (χ3n) is 3.68. The van der Waals surface area contributed by atoms with E-state index in [1.54, 1.807) is 20.9 Å². The predicted molar refractivity (Wildman–Crippen MR) is 87.3 cm³/mol. The van der Waals surface area contributed by atoms with Gasteiger partial charge in [0.05, 0.1) is 18.2 Å². The maximum Gasteiger partial charge on any atom is 0.321 e. The van der Waals surface area contributed by atoms with E-state index in [-0.39, 0.29) is 12.6 Å². The van der Waals surface area contributed by atoms with Gasteiger partial charge < -0.3 is 20.1 Å². The third-order valence-corrected chi connectivity index (χ3v) is 3.68. The van der Waals surface area contributed by atoms with Gasteiger partial charge in [-0.1, -0.05) is 0 Å². The van der Waals surface area contributed by atoms with E-state index >= 15 is 0 Å². The van der Waals surface area contributed by atoms with Crippen LogP contribution in [0.2, 0.25) is 0 Å². The topological polar surface area (TPSA) is 61.8 Å². The first-order valence-corrected chi connectivity index (χ1v) is 7.85. The molecule has 122 valence electrons. The molecule has 22 heavy (non-hydrogen) atoms. The summed E-state index contributed by atoms with van der Waals surface area (Å²) in [4.78, 5) is 13.5. The molecule has 0 bridgehead atoms. The second kappa shape index (κ2) is 7.01. The van der Waals surface area contributed by atoms with Crippen molar-refractivity contribution in [1.29, 1.82) is 0 Å². The molecule has 1 saturated carbocycles. The molecule has 2 rings (SSSR count). The number of ether oxygens (including phenoxy) is 1. The van der Waals surface area contributed by atoms with Crippen LogP contribution in [0.5, 0.6) is 5.75 Å². The van der Waals surface area contributed by atoms with Gasteiger partial charge in [0, 0.05) is 12.7 Å². The van der Waals surface area contributed by atoms with E-state index in [0.717, 1.165) is 18.6 Å². The number of anilines is 1. The second-order valence-electron chi connectivity index (χ2n) is 6.65. The lowest BCUT2D eigenvalue weighted by molar-refractivity contribution is 0.0550. The molecule has 1 aliphatic carbocycles. The lowest BCUT2D eigenvalue weighted by atomic mass is 10.1. The average molecular weight is 306 g/mol. The number of rotatable bonds is 5. The van der Waals surface area contributed by atoms with Crippen LogP contribution < -0.4 is 10.1 Å². The number of carbonyl (C=O) groups is 1. The zero-order valence-electron chi connectivity index (χ0n) is 13.6. The molecule has 0 heterocycles. The Morgan fingerprint density at radius 3 is 2.45 bits per heavy atom. The molecule has 5 nitrogen and oxygen atoms in total. The maximum absolute atomic E-state index is 12.0. The van der Waals surface area contributed by atoms with Crippen LogP contribution in [0.1, 0.15) is 39.5 Å². The molecule has 1 fully saturated rings. The first kappa shape index (κ1) is 16.6. The molecule has 0 aromatic heterocycles. The standard InChI is InChI=1S/C17H26N2O3/c1-17(2,21)12-19(3)16(20)18-13-8-10-15(11-9-13)22-14-6-4-5-7-14/h8-11,14,21H,4-7,12H2,1-3H3,(H,18,20). The first-order chi connectivity index (χ1) is 10.3. The van der Waals surface area contributed by atoms with Gasteiger partial charge >= 0.3 is 6.03 Å². The molecule has 1 aromatic rings. The lowest BCUT2D eigenvalue weighted by Gasteiger charge is -2.25. The summed E-state index contributed by atoms with van der Waals surface area (Å²) in [6, 6.07) is 7.18. The number of nitrogens with zero attached hydrogens (tertiary/aromatic N) is 1. The van der Waals surface area contributed by atoms with Gasteiger partial charge in [-0.05, 0) is 63.8 Å². The largest absolute Gasteiger partial charge is 0.490 e. The Hall–Kier alpha value is -1.75. The maximum atomic E-state index is 12.0. The summed E-state index contributed by atoms with van der Waals surface area (Å²) in [5, 5.41) is 12.5. The number of likely N-dealkylation sites (N-methyl/N-ethyl adjacent to an activating group) is 1. The van der Waals surface area contributed by atoms with Gasteiger partial charge in [-0.25, -0.2) is 4.79 Å². The fraction of sp³-hybridized carbons (Fsp3) is 0.588. The van der Waals surface area contributed by atoms with Crippen molar-refractivity contribution in [3.8, 4) is 5.75 Å². The Kier molecular flexibility index (Phi) is 5.29. The third kappa shape index (κ3) is 5.22. The van der Waals surface area contributed by atoms with Crippen LogP contribution in [0.25, 0.3) is 0 Å². The van der Waals surface area contributed by atoms with Crippen LogP contribution in [-0.2, 0) is 0 Å². The summed E-state index contributed by atoms with van der Waals surface area (Å²) < 4.78 is 5.89. The van der Waals surface area contributed by atoms with E-state index in [9.17, 15) is 9.90 Å². The summed E-state index contributed by atoms with van der Waals surface area (Å²) in [5.74, 6) is 0.842. The fourth-order valence-electron chi connectivity index (χ4n) is 2.69. The van der Waals surface area contributed by atoms with Crippen molar-refractivity contribution in [2.24, 2.45) is 0 Å². The number of hydrogen-bond donors (Lipinski definition) is 2. The van der Waals surface area contributed by atoms with Crippen LogP contribution in [0.3, 0.4) is 0 Å². The second-order valence-corrected chi connectivity index (χ2v) is 6.65. The summed E-state index contributed by atoms with van der Waals surface area (Å²) in [6.07, 6.45) is 5.07. The van der Waals surface area contributed by atoms with Gasteiger partial charge in [-0.3, -0.25) is 0 Å². The number of hydrogen-bond acceptors (Lipinski definition) is 3. The Morgan fingerprint density at radius 1 is 1.32 bits per heavy atom. The summed E-state index contributed by atoms with van der Waals surface area (Å²) in [6.45, 7) is 3.61. The molecule has 1 aromatic carbocycles. The summed E-state index contributed by atoms with van der Waals surface area (Å²) in [5.41, 5.74) is -0.197. The highest BCUT2D eigenvalue weighted by Gasteiger charge is 2.19. The van der Waals surface area contributed by atoms with E-state index in [2.05, 4.69) is 5.32 Å². The van der Waals surface area contributed by atoms with E-state index in [1.165, 1.54) is 17.7 Å². The molecule has 0 spiro atoms. The number of benzene rings is 1. The van der Waals surface area contributed by atoms with Gasteiger partial charge in [0.25, 0.3) is 0 Å². The van der Waals surface area contributed by atoms with Gasteiger partial charge in [-0.15, -0.1) is 0 Å². The minimum absolute atomic E-state index is 0.244. The highest BCUT2D eigenvalue weighted by atomic mass is 16.5. The number of aliphatic hydroxyl groups is 1. The van der Waals surface area contributed by atoms with E-state index in [1.807, 2.05) is 24.3 Å². The van der Waals surface area contributed by atoms with Gasteiger partial charge in [0.2, 0.25) is 0 Å². The van der Waals surface area contributed by atoms with E-state index < -0.39 is 5.60 Å². The van der Waals surface area contributed by atoms with Crippen LogP contribution in [0, 0.1) is 0 Å². The van der Waals surface area contributed by atoms with E-state index in [0.29, 0.717) is 11.8 Å². The Labute approximate surface area is 132 Å². The number of urea groups is 1. The van der Waals surface area contributed by atoms with Crippen molar-refractivity contribution in [1.82, 2.24) is 4.90 Å². The number of amides is 2. The quantitative estimate of drug-likeness (QED) is 0.878. The average Bonchev–Trinajstić information content (AvgIpc) is 2.92. The molecule has 0 unspecified atom stereocenters. The van der Waals surface area contributed by atoms with Crippen LogP contribution in [-0.4, -0.2) is 41.3 Å². The zero-order valence-corrected chi connectivity index (χ0v) is 13.6. The summed E-state index contributed by atoms with van der Waals surface area (Å²) >= 11 is 0. The van der Waals surface area contributed by atoms with Crippen molar-refractivity contribution < 1.29 is 14.6 Å². The van der Waals surface area contributed by atoms with Crippen LogP contribution in [0.4, 0.5) is 10.5 Å². The van der Waals surface area contributed by atoms with Crippen molar-refractivity contribution in [2.75, 3.05) is 18.9 Å². The highest BCUT2D eigenvalue weighted by Crippen LogP contribution is 2.25. The predicted octanol–water partition coefficient (Wildman–Crippen LogP) is 3.24. The van der Waals surface area contributed by atoms with Gasteiger partial charge in [0.15, 0.2) is 0 Å². The van der Waals surface area contributed by atoms with E-state index in [4.69, 9.17) is 4.74 Å². The van der Waals surface area contributed by atoms with Crippen molar-refractivity contribution in [3.63, 3.8) is 0 Å². The molecule has 0 aliphatic heterocycles. The normalized spacial score (nSPS) is 15.6. The number of carbonyl (C=O) groups excluding carboxylic acids is 1. The fourth-order valence-corrected chi connectivity index (χ4v) is 2.69. The summed E-state index contributed by atoms with van der Waals surface area (Å²) in [7, 11) is 1.66. The smallest absolute Gasteiger partial charge is 0.321 e. The molecule has 1 aliphatic rings. The zero-order chi connectivity index (χ0) is 16.2. The highest BCUT2D eigenvalue weighted by molar-refractivity contribution is 5.89. The van der Waals surface area contributed by atoms with Crippen molar-refractivity contribution in [3.05, 3.63) is 24.3 Å². The molecule has 0 atom stereocenters. The van der Waals surface area contributed by atoms with Crippen LogP contribution in [0.15, 0.2) is 24.3 Å². The molecule has 5 heteroatoms. The van der Waals surface area contributed by atoms with Crippen LogP contribution >= 0.6 is 0 Å². The van der Waals surface area contributed by atoms with Crippen molar-refractivity contribution >= 4 is 11.7 Å². The monoisotopic (exact) mass is 306 g/mol. The molecule has 2 amide bonds. The van der Waals surface area contributed by atoms with Crippen molar-refractivity contribution in [2.45, 2.75) is 51.2 Å². The molecular formula is C17H26N2O3. The number of nitrogens with one attached hydrogen (secondary N) is 1. The minimum atomic E-state index is -0.912. The molecular weight excluding hydrogens is 280 g/mol. The Balaban J connectivity index is 1.86. The Bertz CT molecular complexity index is 488. The minimum Gasteiger partial charge on any atom is -0.490 e. The Morgan fingerprint density at radius 2 is 1.91 bits per heavy atom. The molecule has 0 radical (unpaired) electrons. The molecule has 0 saturated heterocycles. The first-order valence-electron chi connectivity index (χ1n) is 7.85. The SMILES string of the molecule is CN(CC(C)(C)O)C(=O)Nc1ccc(OC2CCCC2)cc1. The van der Waals surface area contributed by atoms with Gasteiger partial charge in [-0.2, -0.15) is 0 Å². The molecule has 2 N–H and O–H groups in total. The van der Waals surface area contributed by atoms with Gasteiger partial charge in [0.1, 0.15) is 5.75 Å².